The second-order valence-corrected chi connectivity index (χ2v) is 3.86. The van der Waals surface area contributed by atoms with Crippen LogP contribution >= 0.6 is 11.6 Å². The Balaban J connectivity index is 2.43. The summed E-state index contributed by atoms with van der Waals surface area (Å²) in [6.45, 7) is 2.98. The minimum absolute atomic E-state index is 0.232. The zero-order valence-corrected chi connectivity index (χ0v) is 8.51. The number of anilines is 1. The van der Waals surface area contributed by atoms with Crippen molar-refractivity contribution in [1.29, 1.82) is 0 Å². The van der Waals surface area contributed by atoms with E-state index in [1.807, 2.05) is 18.2 Å². The fourth-order valence-electron chi connectivity index (χ4n) is 1.64. The molecule has 2 nitrogen and oxygen atoms in total. The van der Waals surface area contributed by atoms with Gasteiger partial charge in [-0.05, 0) is 19.1 Å². The van der Waals surface area contributed by atoms with Crippen molar-refractivity contribution >= 4 is 17.3 Å². The Morgan fingerprint density at radius 2 is 2.31 bits per heavy atom. The van der Waals surface area contributed by atoms with Crippen molar-refractivity contribution in [3.63, 3.8) is 0 Å². The van der Waals surface area contributed by atoms with Crippen LogP contribution in [-0.4, -0.2) is 19.7 Å². The first kappa shape index (κ1) is 8.70. The van der Waals surface area contributed by atoms with Crippen molar-refractivity contribution in [2.24, 2.45) is 0 Å². The van der Waals surface area contributed by atoms with Crippen LogP contribution in [0.25, 0.3) is 0 Å². The van der Waals surface area contributed by atoms with Crippen LogP contribution in [0.4, 0.5) is 5.69 Å². The van der Waals surface area contributed by atoms with Crippen LogP contribution in [0.2, 0.25) is 5.02 Å². The molecule has 2 rings (SSSR count). The third-order valence-corrected chi connectivity index (χ3v) is 2.43. The lowest BCUT2D eigenvalue weighted by molar-refractivity contribution is 0.215. The Morgan fingerprint density at radius 3 is 3.08 bits per heavy atom. The van der Waals surface area contributed by atoms with Gasteiger partial charge in [-0.15, -0.1) is 0 Å². The van der Waals surface area contributed by atoms with E-state index >= 15 is 0 Å². The highest BCUT2D eigenvalue weighted by atomic mass is 35.5. The summed E-state index contributed by atoms with van der Waals surface area (Å²) in [5.74, 6) is 0.883. The molecule has 0 N–H and O–H groups in total. The van der Waals surface area contributed by atoms with Crippen LogP contribution in [0, 0.1) is 0 Å². The standard InChI is InChI=1S/C10H12ClNO/c1-7-6-12(2)9-4-3-8(11)5-10(9)13-7/h3-5,7H,6H2,1-2H3. The van der Waals surface area contributed by atoms with E-state index in [0.717, 1.165) is 23.0 Å². The fraction of sp³-hybridized carbons (Fsp3) is 0.400. The zero-order valence-electron chi connectivity index (χ0n) is 7.75. The van der Waals surface area contributed by atoms with Gasteiger partial charge in [-0.2, -0.15) is 0 Å². The molecule has 0 aliphatic carbocycles. The van der Waals surface area contributed by atoms with Crippen molar-refractivity contribution in [1.82, 2.24) is 0 Å². The van der Waals surface area contributed by atoms with Gasteiger partial charge in [0, 0.05) is 18.1 Å². The lowest BCUT2D eigenvalue weighted by Crippen LogP contribution is -2.35. The molecule has 1 aliphatic heterocycles. The van der Waals surface area contributed by atoms with Gasteiger partial charge in [0.2, 0.25) is 0 Å². The summed E-state index contributed by atoms with van der Waals surface area (Å²) in [6.07, 6.45) is 0.232. The second-order valence-electron chi connectivity index (χ2n) is 3.42. The van der Waals surface area contributed by atoms with E-state index in [2.05, 4.69) is 18.9 Å². The monoisotopic (exact) mass is 197 g/mol. The zero-order chi connectivity index (χ0) is 9.42. The molecule has 1 unspecified atom stereocenters. The molecule has 0 bridgehead atoms. The third kappa shape index (κ3) is 1.59. The first-order chi connectivity index (χ1) is 6.16. The molecule has 70 valence electrons. The minimum atomic E-state index is 0.232. The number of nitrogens with zero attached hydrogens (tertiary/aromatic N) is 1. The van der Waals surface area contributed by atoms with Gasteiger partial charge in [0.15, 0.2) is 0 Å². The molecule has 1 aromatic carbocycles. The highest BCUT2D eigenvalue weighted by molar-refractivity contribution is 6.30. The molecule has 0 amide bonds. The molecular formula is C10H12ClNO. The molecule has 0 spiro atoms. The van der Waals surface area contributed by atoms with Crippen LogP contribution < -0.4 is 9.64 Å². The van der Waals surface area contributed by atoms with Crippen molar-refractivity contribution < 1.29 is 4.74 Å². The Hall–Kier alpha value is -0.890. The van der Waals surface area contributed by atoms with Crippen molar-refractivity contribution in [2.75, 3.05) is 18.5 Å². The predicted molar refractivity (Wildman–Crippen MR) is 54.8 cm³/mol. The number of likely N-dealkylation sites (N-methyl/N-ethyl adjacent to an activating group) is 1. The summed E-state index contributed by atoms with van der Waals surface area (Å²) >= 11 is 5.87. The average Bonchev–Trinajstić information content (AvgIpc) is 2.02. The van der Waals surface area contributed by atoms with E-state index in [4.69, 9.17) is 16.3 Å². The van der Waals surface area contributed by atoms with E-state index in [1.54, 1.807) is 0 Å². The molecule has 13 heavy (non-hydrogen) atoms. The first-order valence-electron chi connectivity index (χ1n) is 4.34. The molecule has 0 fully saturated rings. The van der Waals surface area contributed by atoms with Gasteiger partial charge >= 0.3 is 0 Å². The van der Waals surface area contributed by atoms with E-state index < -0.39 is 0 Å². The molecule has 1 aliphatic rings. The lowest BCUT2D eigenvalue weighted by atomic mass is 10.2. The van der Waals surface area contributed by atoms with E-state index in [0.29, 0.717) is 0 Å². The maximum absolute atomic E-state index is 5.87. The second kappa shape index (κ2) is 3.11. The smallest absolute Gasteiger partial charge is 0.144 e. The number of ether oxygens (including phenoxy) is 1. The van der Waals surface area contributed by atoms with Crippen LogP contribution in [0.5, 0.6) is 5.75 Å². The number of rotatable bonds is 0. The van der Waals surface area contributed by atoms with Crippen LogP contribution in [0.15, 0.2) is 18.2 Å². The van der Waals surface area contributed by atoms with Crippen molar-refractivity contribution in [3.8, 4) is 5.75 Å². The summed E-state index contributed by atoms with van der Waals surface area (Å²) in [4.78, 5) is 2.18. The van der Waals surface area contributed by atoms with Crippen LogP contribution in [0.3, 0.4) is 0 Å². The fourth-order valence-corrected chi connectivity index (χ4v) is 1.80. The predicted octanol–water partition coefficient (Wildman–Crippen LogP) is 2.56. The van der Waals surface area contributed by atoms with Gasteiger partial charge in [-0.3, -0.25) is 0 Å². The van der Waals surface area contributed by atoms with E-state index in [9.17, 15) is 0 Å². The molecule has 0 saturated carbocycles. The summed E-state index contributed by atoms with van der Waals surface area (Å²) < 4.78 is 5.66. The highest BCUT2D eigenvalue weighted by Gasteiger charge is 2.19. The topological polar surface area (TPSA) is 12.5 Å². The van der Waals surface area contributed by atoms with Gasteiger partial charge < -0.3 is 9.64 Å². The molecule has 1 heterocycles. The van der Waals surface area contributed by atoms with Crippen LogP contribution in [0.1, 0.15) is 6.92 Å². The summed E-state index contributed by atoms with van der Waals surface area (Å²) in [6, 6.07) is 5.74. The maximum atomic E-state index is 5.87. The molecule has 0 radical (unpaired) electrons. The van der Waals surface area contributed by atoms with Crippen molar-refractivity contribution in [2.45, 2.75) is 13.0 Å². The number of halogens is 1. The maximum Gasteiger partial charge on any atom is 0.144 e. The highest BCUT2D eigenvalue weighted by Crippen LogP contribution is 2.34. The largest absolute Gasteiger partial charge is 0.487 e. The van der Waals surface area contributed by atoms with E-state index in [1.165, 1.54) is 0 Å². The Bertz CT molecular complexity index is 327. The Morgan fingerprint density at radius 1 is 1.54 bits per heavy atom. The number of hydrogen-bond acceptors (Lipinski definition) is 2. The van der Waals surface area contributed by atoms with Gasteiger partial charge in [-0.1, -0.05) is 11.6 Å². The summed E-state index contributed by atoms with van der Waals surface area (Å²) in [5, 5.41) is 0.723. The van der Waals surface area contributed by atoms with E-state index in [-0.39, 0.29) is 6.10 Å². The average molecular weight is 198 g/mol. The van der Waals surface area contributed by atoms with Gasteiger partial charge in [0.25, 0.3) is 0 Å². The minimum Gasteiger partial charge on any atom is -0.487 e. The third-order valence-electron chi connectivity index (χ3n) is 2.19. The molecule has 1 aromatic rings. The Labute approximate surface area is 83.1 Å². The number of benzene rings is 1. The Kier molecular flexibility index (Phi) is 2.08. The quantitative estimate of drug-likeness (QED) is 0.634. The molecule has 1 atom stereocenters. The summed E-state index contributed by atoms with van der Waals surface area (Å²) in [5.41, 5.74) is 1.11. The molecule has 0 aromatic heterocycles. The van der Waals surface area contributed by atoms with Gasteiger partial charge in [0.05, 0.1) is 12.2 Å². The molecule has 3 heteroatoms. The van der Waals surface area contributed by atoms with Gasteiger partial charge in [-0.25, -0.2) is 0 Å². The van der Waals surface area contributed by atoms with Gasteiger partial charge in [0.1, 0.15) is 11.9 Å². The molecule has 0 saturated heterocycles. The SMILES string of the molecule is CC1CN(C)c2ccc(Cl)cc2O1. The number of fused-ring (bicyclic) bond motifs is 1. The number of hydrogen-bond donors (Lipinski definition) is 0. The molecular weight excluding hydrogens is 186 g/mol. The summed E-state index contributed by atoms with van der Waals surface area (Å²) in [7, 11) is 2.06. The normalized spacial score (nSPS) is 20.8. The lowest BCUT2D eigenvalue weighted by Gasteiger charge is -2.32. The van der Waals surface area contributed by atoms with Crippen LogP contribution in [-0.2, 0) is 0 Å². The van der Waals surface area contributed by atoms with Crippen molar-refractivity contribution in [3.05, 3.63) is 23.2 Å². The first-order valence-corrected chi connectivity index (χ1v) is 4.72.